The highest BCUT2D eigenvalue weighted by Crippen LogP contribution is 2.63. The van der Waals surface area contributed by atoms with Crippen LogP contribution in [0.1, 0.15) is 58.4 Å². The van der Waals surface area contributed by atoms with Gasteiger partial charge in [-0.1, -0.05) is 159 Å². The van der Waals surface area contributed by atoms with Crippen molar-refractivity contribution >= 4 is 27.8 Å². The number of hydrogen-bond donors (Lipinski definition) is 0. The van der Waals surface area contributed by atoms with Gasteiger partial charge < -0.3 is 4.90 Å². The Kier molecular flexibility index (Phi) is 7.10. The van der Waals surface area contributed by atoms with E-state index in [0.717, 1.165) is 5.69 Å². The van der Waals surface area contributed by atoms with E-state index < -0.39 is 5.41 Å². The largest absolute Gasteiger partial charge is 0.310 e. The lowest BCUT2D eigenvalue weighted by atomic mass is 9.70. The highest BCUT2D eigenvalue weighted by molar-refractivity contribution is 5.97. The molecule has 0 radical (unpaired) electrons. The van der Waals surface area contributed by atoms with Crippen LogP contribution in [0.5, 0.6) is 0 Å². The van der Waals surface area contributed by atoms with Crippen LogP contribution in [0, 0.1) is 13.8 Å². The smallest absolute Gasteiger partial charge is 0.0726 e. The van der Waals surface area contributed by atoms with Gasteiger partial charge in [-0.2, -0.15) is 0 Å². The third kappa shape index (κ3) is 4.62. The van der Waals surface area contributed by atoms with E-state index >= 15 is 0 Å². The minimum Gasteiger partial charge on any atom is -0.310 e. The molecule has 0 unspecified atom stereocenters. The predicted molar refractivity (Wildman–Crippen MR) is 247 cm³/mol. The van der Waals surface area contributed by atoms with E-state index in [-0.39, 0.29) is 5.41 Å². The summed E-state index contributed by atoms with van der Waals surface area (Å²) in [7, 11) is 0. The molecule has 9 aromatic rings. The molecule has 0 N–H and O–H groups in total. The molecule has 0 aliphatic heterocycles. The van der Waals surface area contributed by atoms with Crippen molar-refractivity contribution in [1.82, 2.24) is 0 Å². The lowest BCUT2D eigenvalue weighted by molar-refractivity contribution is 0.660. The third-order valence-electron chi connectivity index (χ3n) is 13.9. The van der Waals surface area contributed by atoms with E-state index in [2.05, 4.69) is 221 Å². The first-order valence-electron chi connectivity index (χ1n) is 20.9. The average molecular weight is 754 g/mol. The van der Waals surface area contributed by atoms with Crippen LogP contribution in [0.15, 0.2) is 188 Å². The fraction of sp³-hybridized carbons (Fsp3) is 0.103. The van der Waals surface area contributed by atoms with Crippen molar-refractivity contribution in [2.75, 3.05) is 4.90 Å². The Morgan fingerprint density at radius 1 is 0.339 bits per heavy atom. The van der Waals surface area contributed by atoms with Crippen molar-refractivity contribution in [3.63, 3.8) is 0 Å². The minimum atomic E-state index is -0.424. The van der Waals surface area contributed by atoms with Gasteiger partial charge >= 0.3 is 0 Å². The second-order valence-electron chi connectivity index (χ2n) is 17.4. The second kappa shape index (κ2) is 12.3. The van der Waals surface area contributed by atoms with Gasteiger partial charge in [-0.05, 0) is 156 Å². The van der Waals surface area contributed by atoms with Crippen molar-refractivity contribution in [3.8, 4) is 44.5 Å². The Labute approximate surface area is 346 Å². The summed E-state index contributed by atoms with van der Waals surface area (Å²) in [5.41, 5.74) is 24.1. The number of fused-ring (bicyclic) bond motifs is 14. The second-order valence-corrected chi connectivity index (χ2v) is 17.4. The molecule has 0 fully saturated rings. The summed E-state index contributed by atoms with van der Waals surface area (Å²) in [6, 6.07) is 71.0. The lowest BCUT2D eigenvalue weighted by Crippen LogP contribution is -2.26. The van der Waals surface area contributed by atoms with Gasteiger partial charge in [0.25, 0.3) is 0 Å². The van der Waals surface area contributed by atoms with Gasteiger partial charge in [-0.3, -0.25) is 0 Å². The van der Waals surface area contributed by atoms with Crippen LogP contribution in [0.25, 0.3) is 55.3 Å². The van der Waals surface area contributed by atoms with Crippen LogP contribution in [0.2, 0.25) is 0 Å². The molecule has 280 valence electrons. The molecule has 0 amide bonds. The predicted octanol–water partition coefficient (Wildman–Crippen LogP) is 15.2. The molecular weight excluding hydrogens is 711 g/mol. The molecule has 1 nitrogen and oxygen atoms in total. The molecule has 59 heavy (non-hydrogen) atoms. The molecule has 1 heteroatoms. The van der Waals surface area contributed by atoms with Gasteiger partial charge in [-0.15, -0.1) is 0 Å². The minimum absolute atomic E-state index is 0.126. The van der Waals surface area contributed by atoms with Crippen molar-refractivity contribution in [2.24, 2.45) is 0 Å². The first-order valence-corrected chi connectivity index (χ1v) is 20.9. The summed E-state index contributed by atoms with van der Waals surface area (Å²) < 4.78 is 0. The Morgan fingerprint density at radius 3 is 1.36 bits per heavy atom. The first-order chi connectivity index (χ1) is 28.8. The molecule has 12 rings (SSSR count). The molecule has 0 heterocycles. The van der Waals surface area contributed by atoms with Gasteiger partial charge in [0.15, 0.2) is 0 Å². The maximum atomic E-state index is 2.55. The topological polar surface area (TPSA) is 3.24 Å². The van der Waals surface area contributed by atoms with Crippen LogP contribution in [-0.2, 0) is 10.8 Å². The Morgan fingerprint density at radius 2 is 0.780 bits per heavy atom. The van der Waals surface area contributed by atoms with Gasteiger partial charge in [0.1, 0.15) is 0 Å². The van der Waals surface area contributed by atoms with Crippen LogP contribution >= 0.6 is 0 Å². The maximum absolute atomic E-state index is 2.55. The number of rotatable bonds is 4. The monoisotopic (exact) mass is 753 g/mol. The molecule has 1 spiro atoms. The molecule has 3 aliphatic rings. The number of hydrogen-bond acceptors (Lipinski definition) is 1. The summed E-state index contributed by atoms with van der Waals surface area (Å²) in [5, 5.41) is 2.52. The standard InChI is InChI=1S/C58H43N/c1-36-31-41(40-26-25-38-15-5-6-16-39(38)33-40)32-37(2)56(36)59(42-27-29-48-44-17-7-11-21-50(44)57(3,4)54(48)34-42)43-28-30-49-47-20-10-14-24-53(47)58(55(49)35-43)51-22-12-8-18-45(51)46-19-9-13-23-52(46)58/h5-35H,1-4H3. The number of nitrogens with zero attached hydrogens (tertiary/aromatic N) is 1. The summed E-state index contributed by atoms with van der Waals surface area (Å²) in [6.45, 7) is 9.35. The van der Waals surface area contributed by atoms with Gasteiger partial charge in [0, 0.05) is 16.8 Å². The van der Waals surface area contributed by atoms with Crippen molar-refractivity contribution in [3.05, 3.63) is 233 Å². The van der Waals surface area contributed by atoms with Crippen LogP contribution in [-0.4, -0.2) is 0 Å². The molecule has 0 saturated heterocycles. The Hall–Kier alpha value is -6.96. The van der Waals surface area contributed by atoms with E-state index in [1.165, 1.54) is 111 Å². The van der Waals surface area contributed by atoms with Crippen LogP contribution in [0.4, 0.5) is 17.1 Å². The zero-order valence-electron chi connectivity index (χ0n) is 33.8. The summed E-state index contributed by atoms with van der Waals surface area (Å²) in [5.74, 6) is 0. The van der Waals surface area contributed by atoms with E-state index in [4.69, 9.17) is 0 Å². The van der Waals surface area contributed by atoms with E-state index in [0.29, 0.717) is 0 Å². The molecule has 0 bridgehead atoms. The number of benzene rings is 9. The van der Waals surface area contributed by atoms with Gasteiger partial charge in [0.05, 0.1) is 11.1 Å². The lowest BCUT2D eigenvalue weighted by Gasteiger charge is -2.33. The molecular formula is C58H43N. The summed E-state index contributed by atoms with van der Waals surface area (Å²) in [4.78, 5) is 2.55. The molecule has 3 aliphatic carbocycles. The molecule has 0 saturated carbocycles. The summed E-state index contributed by atoms with van der Waals surface area (Å²) >= 11 is 0. The summed E-state index contributed by atoms with van der Waals surface area (Å²) in [6.07, 6.45) is 0. The van der Waals surface area contributed by atoms with E-state index in [1.54, 1.807) is 0 Å². The fourth-order valence-electron chi connectivity index (χ4n) is 11.3. The van der Waals surface area contributed by atoms with Crippen LogP contribution < -0.4 is 4.90 Å². The highest BCUT2D eigenvalue weighted by Gasteiger charge is 2.51. The van der Waals surface area contributed by atoms with E-state index in [9.17, 15) is 0 Å². The number of anilines is 3. The zero-order chi connectivity index (χ0) is 39.6. The quantitative estimate of drug-likeness (QED) is 0.173. The van der Waals surface area contributed by atoms with Gasteiger partial charge in [-0.25, -0.2) is 0 Å². The average Bonchev–Trinajstić information content (AvgIpc) is 3.83. The fourth-order valence-corrected chi connectivity index (χ4v) is 11.3. The van der Waals surface area contributed by atoms with Crippen LogP contribution in [0.3, 0.4) is 0 Å². The Bertz CT molecular complexity index is 3150. The van der Waals surface area contributed by atoms with E-state index in [1.807, 2.05) is 0 Å². The third-order valence-corrected chi connectivity index (χ3v) is 13.9. The molecule has 0 aromatic heterocycles. The highest BCUT2D eigenvalue weighted by atomic mass is 15.1. The maximum Gasteiger partial charge on any atom is 0.0726 e. The normalized spacial score (nSPS) is 14.4. The zero-order valence-corrected chi connectivity index (χ0v) is 33.8. The molecule has 9 aromatic carbocycles. The van der Waals surface area contributed by atoms with Gasteiger partial charge in [0.2, 0.25) is 0 Å². The SMILES string of the molecule is Cc1cc(-c2ccc3ccccc3c2)cc(C)c1N(c1ccc2c(c1)C(C)(C)c1ccccc1-2)c1ccc2c(c1)C1(c3ccccc3-c3ccccc31)c1ccccc1-2. The number of aryl methyl sites for hydroxylation is 2. The van der Waals surface area contributed by atoms with Crippen molar-refractivity contribution in [2.45, 2.75) is 38.5 Å². The first kappa shape index (κ1) is 34.1. The molecule has 0 atom stereocenters. The van der Waals surface area contributed by atoms with Crippen molar-refractivity contribution < 1.29 is 0 Å². The Balaban J connectivity index is 1.11. The van der Waals surface area contributed by atoms with Crippen molar-refractivity contribution in [1.29, 1.82) is 0 Å².